The predicted octanol–water partition coefficient (Wildman–Crippen LogP) is 3.13. The largest absolute Gasteiger partial charge is 0.381 e. The number of rotatable bonds is 2. The maximum Gasteiger partial charge on any atom is 0.140 e. The van der Waals surface area contributed by atoms with E-state index in [2.05, 4.69) is 40.1 Å². The highest BCUT2D eigenvalue weighted by atomic mass is 79.9. The SMILES string of the molecule is Cc1ccnc(NC2(C)CCOCC2)c1Br. The first-order valence-electron chi connectivity index (χ1n) is 5.58. The zero-order valence-corrected chi connectivity index (χ0v) is 11.3. The van der Waals surface area contributed by atoms with Crippen molar-refractivity contribution < 1.29 is 4.74 Å². The van der Waals surface area contributed by atoms with E-state index in [4.69, 9.17) is 4.74 Å². The molecule has 0 aromatic carbocycles. The van der Waals surface area contributed by atoms with Crippen molar-refractivity contribution in [2.75, 3.05) is 18.5 Å². The van der Waals surface area contributed by atoms with Crippen molar-refractivity contribution in [1.29, 1.82) is 0 Å². The highest BCUT2D eigenvalue weighted by molar-refractivity contribution is 9.10. The van der Waals surface area contributed by atoms with Crippen LogP contribution in [0.15, 0.2) is 16.7 Å². The van der Waals surface area contributed by atoms with E-state index in [-0.39, 0.29) is 5.54 Å². The van der Waals surface area contributed by atoms with Gasteiger partial charge >= 0.3 is 0 Å². The summed E-state index contributed by atoms with van der Waals surface area (Å²) in [5.41, 5.74) is 1.30. The molecule has 0 atom stereocenters. The molecule has 0 bridgehead atoms. The Morgan fingerprint density at radius 3 is 2.81 bits per heavy atom. The van der Waals surface area contributed by atoms with Crippen LogP contribution in [0.1, 0.15) is 25.3 Å². The first-order chi connectivity index (χ1) is 7.61. The van der Waals surface area contributed by atoms with Gasteiger partial charge in [-0.2, -0.15) is 0 Å². The summed E-state index contributed by atoms with van der Waals surface area (Å²) in [5.74, 6) is 0.935. The molecule has 0 unspecified atom stereocenters. The molecule has 1 aromatic heterocycles. The Bertz CT molecular complexity index is 375. The van der Waals surface area contributed by atoms with E-state index in [0.29, 0.717) is 0 Å². The summed E-state index contributed by atoms with van der Waals surface area (Å²) in [7, 11) is 0. The highest BCUT2D eigenvalue weighted by Gasteiger charge is 2.28. The van der Waals surface area contributed by atoms with Crippen LogP contribution in [0.3, 0.4) is 0 Å². The van der Waals surface area contributed by atoms with Gasteiger partial charge < -0.3 is 10.1 Å². The Morgan fingerprint density at radius 1 is 1.44 bits per heavy atom. The smallest absolute Gasteiger partial charge is 0.140 e. The molecule has 1 fully saturated rings. The second-order valence-electron chi connectivity index (χ2n) is 4.59. The third kappa shape index (κ3) is 2.55. The Morgan fingerprint density at radius 2 is 2.12 bits per heavy atom. The fraction of sp³-hybridized carbons (Fsp3) is 0.583. The number of aromatic nitrogens is 1. The van der Waals surface area contributed by atoms with Gasteiger partial charge in [0.2, 0.25) is 0 Å². The highest BCUT2D eigenvalue weighted by Crippen LogP contribution is 2.30. The Hall–Kier alpha value is -0.610. The molecule has 16 heavy (non-hydrogen) atoms. The van der Waals surface area contributed by atoms with E-state index >= 15 is 0 Å². The van der Waals surface area contributed by atoms with Gasteiger partial charge in [-0.1, -0.05) is 0 Å². The standard InChI is InChI=1S/C12H17BrN2O/c1-9-3-6-14-11(10(9)13)15-12(2)4-7-16-8-5-12/h3,6H,4-5,7-8H2,1-2H3,(H,14,15). The summed E-state index contributed by atoms with van der Waals surface area (Å²) in [5, 5.41) is 3.53. The number of nitrogens with zero attached hydrogens (tertiary/aromatic N) is 1. The minimum atomic E-state index is 0.0988. The molecule has 2 rings (SSSR count). The van der Waals surface area contributed by atoms with Crippen molar-refractivity contribution in [2.24, 2.45) is 0 Å². The van der Waals surface area contributed by atoms with Gasteiger partial charge in [0.25, 0.3) is 0 Å². The zero-order valence-electron chi connectivity index (χ0n) is 9.72. The van der Waals surface area contributed by atoms with E-state index < -0.39 is 0 Å². The van der Waals surface area contributed by atoms with Crippen molar-refractivity contribution in [3.63, 3.8) is 0 Å². The Balaban J connectivity index is 2.16. The first-order valence-corrected chi connectivity index (χ1v) is 6.37. The summed E-state index contributed by atoms with van der Waals surface area (Å²) in [6.07, 6.45) is 3.88. The number of ether oxygens (including phenoxy) is 1. The molecule has 1 aliphatic heterocycles. The predicted molar refractivity (Wildman–Crippen MR) is 68.8 cm³/mol. The summed E-state index contributed by atoms with van der Waals surface area (Å²) < 4.78 is 6.44. The summed E-state index contributed by atoms with van der Waals surface area (Å²) in [4.78, 5) is 4.38. The molecule has 88 valence electrons. The molecule has 0 amide bonds. The van der Waals surface area contributed by atoms with E-state index in [1.165, 1.54) is 5.56 Å². The number of anilines is 1. The minimum absolute atomic E-state index is 0.0988. The fourth-order valence-electron chi connectivity index (χ4n) is 1.86. The van der Waals surface area contributed by atoms with Gasteiger partial charge in [0, 0.05) is 24.9 Å². The van der Waals surface area contributed by atoms with E-state index in [9.17, 15) is 0 Å². The molecular weight excluding hydrogens is 268 g/mol. The average molecular weight is 285 g/mol. The van der Waals surface area contributed by atoms with Crippen molar-refractivity contribution in [3.8, 4) is 0 Å². The van der Waals surface area contributed by atoms with Gasteiger partial charge in [-0.3, -0.25) is 0 Å². The number of halogens is 1. The molecule has 1 aromatic rings. The van der Waals surface area contributed by atoms with Crippen molar-refractivity contribution in [3.05, 3.63) is 22.3 Å². The van der Waals surface area contributed by atoms with Crippen LogP contribution in [0.2, 0.25) is 0 Å². The van der Waals surface area contributed by atoms with Gasteiger partial charge in [0.05, 0.1) is 4.47 Å². The molecule has 1 saturated heterocycles. The lowest BCUT2D eigenvalue weighted by Crippen LogP contribution is -2.41. The Labute approximate surface area is 105 Å². The van der Waals surface area contributed by atoms with Crippen LogP contribution in [0, 0.1) is 6.92 Å². The monoisotopic (exact) mass is 284 g/mol. The van der Waals surface area contributed by atoms with E-state index in [1.807, 2.05) is 12.3 Å². The number of pyridine rings is 1. The second kappa shape index (κ2) is 4.72. The molecule has 1 aliphatic rings. The normalized spacial score (nSPS) is 19.4. The second-order valence-corrected chi connectivity index (χ2v) is 5.38. The number of hydrogen-bond acceptors (Lipinski definition) is 3. The van der Waals surface area contributed by atoms with Crippen LogP contribution < -0.4 is 5.32 Å². The van der Waals surface area contributed by atoms with Gasteiger partial charge in [-0.25, -0.2) is 4.98 Å². The van der Waals surface area contributed by atoms with Crippen molar-refractivity contribution in [1.82, 2.24) is 4.98 Å². The maximum absolute atomic E-state index is 5.38. The van der Waals surface area contributed by atoms with Crippen LogP contribution in [-0.4, -0.2) is 23.7 Å². The molecule has 2 heterocycles. The Kier molecular flexibility index (Phi) is 3.50. The van der Waals surface area contributed by atoms with Crippen LogP contribution in [0.4, 0.5) is 5.82 Å². The van der Waals surface area contributed by atoms with Crippen molar-refractivity contribution in [2.45, 2.75) is 32.2 Å². The molecule has 3 nitrogen and oxygen atoms in total. The molecular formula is C12H17BrN2O. The third-order valence-corrected chi connectivity index (χ3v) is 4.10. The lowest BCUT2D eigenvalue weighted by molar-refractivity contribution is 0.0657. The molecule has 0 saturated carbocycles. The third-order valence-electron chi connectivity index (χ3n) is 3.10. The number of nitrogens with one attached hydrogen (secondary N) is 1. The zero-order chi connectivity index (χ0) is 11.6. The van der Waals surface area contributed by atoms with Crippen LogP contribution in [0.25, 0.3) is 0 Å². The quantitative estimate of drug-likeness (QED) is 0.906. The lowest BCUT2D eigenvalue weighted by Gasteiger charge is -2.35. The van der Waals surface area contributed by atoms with Crippen LogP contribution in [0.5, 0.6) is 0 Å². The van der Waals surface area contributed by atoms with Crippen molar-refractivity contribution >= 4 is 21.7 Å². The van der Waals surface area contributed by atoms with Gasteiger partial charge in [0.15, 0.2) is 0 Å². The summed E-state index contributed by atoms with van der Waals surface area (Å²) in [6.45, 7) is 5.95. The number of hydrogen-bond donors (Lipinski definition) is 1. The summed E-state index contributed by atoms with van der Waals surface area (Å²) in [6, 6.07) is 2.00. The number of aryl methyl sites for hydroxylation is 1. The average Bonchev–Trinajstić information content (AvgIpc) is 2.26. The van der Waals surface area contributed by atoms with Gasteiger partial charge in [0.1, 0.15) is 5.82 Å². The molecule has 0 radical (unpaired) electrons. The lowest BCUT2D eigenvalue weighted by atomic mass is 9.92. The van der Waals surface area contributed by atoms with Gasteiger partial charge in [-0.05, 0) is 54.2 Å². The fourth-order valence-corrected chi connectivity index (χ4v) is 2.19. The van der Waals surface area contributed by atoms with Crippen LogP contribution in [-0.2, 0) is 4.74 Å². The van der Waals surface area contributed by atoms with Gasteiger partial charge in [-0.15, -0.1) is 0 Å². The maximum atomic E-state index is 5.38. The topological polar surface area (TPSA) is 34.2 Å². The van der Waals surface area contributed by atoms with E-state index in [0.717, 1.165) is 36.3 Å². The summed E-state index contributed by atoms with van der Waals surface area (Å²) >= 11 is 3.57. The molecule has 1 N–H and O–H groups in total. The molecule has 4 heteroatoms. The minimum Gasteiger partial charge on any atom is -0.381 e. The molecule has 0 spiro atoms. The first kappa shape index (κ1) is 11.9. The van der Waals surface area contributed by atoms with E-state index in [1.54, 1.807) is 0 Å². The molecule has 0 aliphatic carbocycles. The van der Waals surface area contributed by atoms with Crippen LogP contribution >= 0.6 is 15.9 Å².